The molecule has 8 heteroatoms. The number of nitrogens with one attached hydrogen (secondary N) is 1. The molecule has 0 fully saturated rings. The molecule has 0 saturated heterocycles. The Morgan fingerprint density at radius 2 is 1.73 bits per heavy atom. The standard InChI is InChI=1S/C18H12F3N3OS/c19-18(20,21)14-8-4-5-9-15(14)23-16-13(10-22)17(25)24(26-16)11-12-6-2-1-3-7-12/h1-9,23H,11H2. The topological polar surface area (TPSA) is 57.8 Å². The number of aromatic nitrogens is 1. The van der Waals surface area contributed by atoms with E-state index < -0.39 is 17.3 Å². The Morgan fingerprint density at radius 1 is 1.08 bits per heavy atom. The molecule has 0 spiro atoms. The van der Waals surface area contributed by atoms with Gasteiger partial charge in [0.25, 0.3) is 5.56 Å². The lowest BCUT2D eigenvalue weighted by Crippen LogP contribution is -2.16. The maximum Gasteiger partial charge on any atom is 0.418 e. The van der Waals surface area contributed by atoms with E-state index in [1.165, 1.54) is 22.2 Å². The van der Waals surface area contributed by atoms with Gasteiger partial charge >= 0.3 is 6.18 Å². The van der Waals surface area contributed by atoms with E-state index in [0.29, 0.717) is 0 Å². The molecule has 1 N–H and O–H groups in total. The zero-order valence-electron chi connectivity index (χ0n) is 13.2. The van der Waals surface area contributed by atoms with E-state index in [9.17, 15) is 23.2 Å². The van der Waals surface area contributed by atoms with Crippen molar-refractivity contribution >= 4 is 22.2 Å². The van der Waals surface area contributed by atoms with Crippen molar-refractivity contribution in [3.63, 3.8) is 0 Å². The first-order valence-corrected chi connectivity index (χ1v) is 8.29. The fourth-order valence-corrected chi connectivity index (χ4v) is 3.41. The van der Waals surface area contributed by atoms with Crippen molar-refractivity contribution in [2.75, 3.05) is 5.32 Å². The summed E-state index contributed by atoms with van der Waals surface area (Å²) in [6.07, 6.45) is -4.55. The van der Waals surface area contributed by atoms with E-state index in [0.717, 1.165) is 23.2 Å². The summed E-state index contributed by atoms with van der Waals surface area (Å²) in [5.41, 5.74) is -0.956. The van der Waals surface area contributed by atoms with E-state index >= 15 is 0 Å². The third-order valence-electron chi connectivity index (χ3n) is 3.63. The van der Waals surface area contributed by atoms with Crippen molar-refractivity contribution in [1.29, 1.82) is 5.26 Å². The van der Waals surface area contributed by atoms with Crippen LogP contribution in [0.1, 0.15) is 16.7 Å². The molecule has 0 aliphatic rings. The monoisotopic (exact) mass is 375 g/mol. The van der Waals surface area contributed by atoms with Crippen LogP contribution in [0.4, 0.5) is 23.9 Å². The summed E-state index contributed by atoms with van der Waals surface area (Å²) in [6.45, 7) is 0.238. The Hall–Kier alpha value is -3.05. The number of para-hydroxylation sites is 1. The second-order valence-electron chi connectivity index (χ2n) is 5.40. The van der Waals surface area contributed by atoms with Crippen LogP contribution in [-0.2, 0) is 12.7 Å². The van der Waals surface area contributed by atoms with Crippen LogP contribution in [0.3, 0.4) is 0 Å². The van der Waals surface area contributed by atoms with Crippen molar-refractivity contribution in [3.8, 4) is 6.07 Å². The Balaban J connectivity index is 1.99. The highest BCUT2D eigenvalue weighted by molar-refractivity contribution is 7.11. The zero-order valence-corrected chi connectivity index (χ0v) is 14.1. The number of alkyl halides is 3. The minimum absolute atomic E-state index is 0.0881. The molecule has 0 saturated carbocycles. The first-order valence-electron chi connectivity index (χ1n) is 7.51. The lowest BCUT2D eigenvalue weighted by atomic mass is 10.1. The molecule has 2 aromatic carbocycles. The van der Waals surface area contributed by atoms with E-state index in [2.05, 4.69) is 5.32 Å². The van der Waals surface area contributed by atoms with Gasteiger partial charge in [-0.05, 0) is 29.2 Å². The van der Waals surface area contributed by atoms with Crippen LogP contribution in [0, 0.1) is 11.3 Å². The average Bonchev–Trinajstić information content (AvgIpc) is 2.90. The lowest BCUT2D eigenvalue weighted by Gasteiger charge is -2.13. The summed E-state index contributed by atoms with van der Waals surface area (Å²) < 4.78 is 40.8. The lowest BCUT2D eigenvalue weighted by molar-refractivity contribution is -0.136. The van der Waals surface area contributed by atoms with Crippen molar-refractivity contribution in [2.24, 2.45) is 0 Å². The number of anilines is 2. The molecule has 0 radical (unpaired) electrons. The highest BCUT2D eigenvalue weighted by Crippen LogP contribution is 2.36. The molecule has 0 aliphatic heterocycles. The van der Waals surface area contributed by atoms with Crippen LogP contribution in [0.5, 0.6) is 0 Å². The van der Waals surface area contributed by atoms with Crippen LogP contribution in [0.15, 0.2) is 59.4 Å². The predicted molar refractivity (Wildman–Crippen MR) is 93.6 cm³/mol. The molecule has 26 heavy (non-hydrogen) atoms. The molecule has 132 valence electrons. The summed E-state index contributed by atoms with van der Waals surface area (Å²) in [7, 11) is 0. The van der Waals surface area contributed by atoms with Gasteiger partial charge in [-0.15, -0.1) is 0 Å². The third kappa shape index (κ3) is 3.63. The van der Waals surface area contributed by atoms with Gasteiger partial charge in [0.15, 0.2) is 5.56 Å². The van der Waals surface area contributed by atoms with Gasteiger partial charge in [-0.3, -0.25) is 8.75 Å². The average molecular weight is 375 g/mol. The van der Waals surface area contributed by atoms with Crippen molar-refractivity contribution in [1.82, 2.24) is 3.96 Å². The number of hydrogen-bond acceptors (Lipinski definition) is 4. The second-order valence-corrected chi connectivity index (χ2v) is 6.43. The van der Waals surface area contributed by atoms with Crippen LogP contribution in [0.25, 0.3) is 0 Å². The summed E-state index contributed by atoms with van der Waals surface area (Å²) in [6, 6.07) is 15.8. The SMILES string of the molecule is N#Cc1c(Nc2ccccc2C(F)(F)F)sn(Cc2ccccc2)c1=O. The number of nitrogens with zero attached hydrogens (tertiary/aromatic N) is 2. The van der Waals surface area contributed by atoms with Crippen LogP contribution in [-0.4, -0.2) is 3.96 Å². The van der Waals surface area contributed by atoms with Crippen LogP contribution < -0.4 is 10.9 Å². The summed E-state index contributed by atoms with van der Waals surface area (Å²) in [5.74, 6) is 0. The van der Waals surface area contributed by atoms with Gasteiger partial charge in [0, 0.05) is 0 Å². The normalized spacial score (nSPS) is 11.2. The Morgan fingerprint density at radius 3 is 2.38 bits per heavy atom. The van der Waals surface area contributed by atoms with Crippen molar-refractivity contribution in [3.05, 3.63) is 81.6 Å². The third-order valence-corrected chi connectivity index (χ3v) is 4.63. The molecule has 0 amide bonds. The molecular weight excluding hydrogens is 363 g/mol. The summed E-state index contributed by atoms with van der Waals surface area (Å²) >= 11 is 0.923. The fourth-order valence-electron chi connectivity index (χ4n) is 2.42. The van der Waals surface area contributed by atoms with Crippen molar-refractivity contribution < 1.29 is 13.2 Å². The van der Waals surface area contributed by atoms with Gasteiger partial charge < -0.3 is 5.32 Å². The molecule has 0 bridgehead atoms. The maximum atomic E-state index is 13.1. The Kier molecular flexibility index (Phi) is 4.82. The number of benzene rings is 2. The molecule has 1 aromatic heterocycles. The second kappa shape index (κ2) is 7.06. The minimum atomic E-state index is -4.55. The largest absolute Gasteiger partial charge is 0.418 e. The molecule has 0 unspecified atom stereocenters. The van der Waals surface area contributed by atoms with E-state index in [4.69, 9.17) is 0 Å². The van der Waals surface area contributed by atoms with Gasteiger partial charge in [-0.1, -0.05) is 42.5 Å². The maximum absolute atomic E-state index is 13.1. The number of hydrogen-bond donors (Lipinski definition) is 1. The fraction of sp³-hybridized carbons (Fsp3) is 0.111. The Labute approximate surface area is 150 Å². The van der Waals surface area contributed by atoms with Crippen LogP contribution >= 0.6 is 11.5 Å². The van der Waals surface area contributed by atoms with Crippen LogP contribution in [0.2, 0.25) is 0 Å². The predicted octanol–water partition coefficient (Wildman–Crippen LogP) is 4.59. The van der Waals surface area contributed by atoms with Gasteiger partial charge in [0.05, 0.1) is 17.8 Å². The molecule has 4 nitrogen and oxygen atoms in total. The zero-order chi connectivity index (χ0) is 18.7. The first-order chi connectivity index (χ1) is 12.4. The molecule has 1 heterocycles. The van der Waals surface area contributed by atoms with Gasteiger partial charge in [0.1, 0.15) is 11.1 Å². The first kappa shape index (κ1) is 17.8. The quantitative estimate of drug-likeness (QED) is 0.725. The number of rotatable bonds is 4. The number of nitriles is 1. The molecule has 3 aromatic rings. The molecular formula is C18H12F3N3OS. The highest BCUT2D eigenvalue weighted by atomic mass is 32.1. The molecule has 3 rings (SSSR count). The van der Waals surface area contributed by atoms with Gasteiger partial charge in [0.2, 0.25) is 0 Å². The highest BCUT2D eigenvalue weighted by Gasteiger charge is 2.33. The van der Waals surface area contributed by atoms with Crippen molar-refractivity contribution in [2.45, 2.75) is 12.7 Å². The summed E-state index contributed by atoms with van der Waals surface area (Å²) in [5, 5.41) is 12.0. The minimum Gasteiger partial charge on any atom is -0.344 e. The molecule has 0 atom stereocenters. The smallest absolute Gasteiger partial charge is 0.344 e. The summed E-state index contributed by atoms with van der Waals surface area (Å²) in [4.78, 5) is 12.4. The van der Waals surface area contributed by atoms with E-state index in [1.807, 2.05) is 30.3 Å². The van der Waals surface area contributed by atoms with Gasteiger partial charge in [-0.25, -0.2) is 0 Å². The van der Waals surface area contributed by atoms with E-state index in [-0.39, 0.29) is 22.8 Å². The van der Waals surface area contributed by atoms with E-state index in [1.54, 1.807) is 6.07 Å². The molecule has 0 aliphatic carbocycles. The van der Waals surface area contributed by atoms with Gasteiger partial charge in [-0.2, -0.15) is 18.4 Å². The number of halogens is 3. The Bertz CT molecular complexity index is 1020.